The van der Waals surface area contributed by atoms with Crippen molar-refractivity contribution in [3.05, 3.63) is 23.8 Å². The molecule has 0 unspecified atom stereocenters. The van der Waals surface area contributed by atoms with Gasteiger partial charge >= 0.3 is 12.1 Å². The minimum Gasteiger partial charge on any atom is -0.462 e. The number of nitrogens with one attached hydrogen (secondary N) is 2. The molecule has 0 saturated carbocycles. The van der Waals surface area contributed by atoms with Gasteiger partial charge in [-0.2, -0.15) is 0 Å². The maximum Gasteiger partial charge on any atom is 0.426 e. The lowest BCUT2D eigenvalue weighted by molar-refractivity contribution is 0.0522. The van der Waals surface area contributed by atoms with Crippen molar-refractivity contribution in [2.45, 2.75) is 33.3 Å². The highest BCUT2D eigenvalue weighted by molar-refractivity contribution is 5.92. The van der Waals surface area contributed by atoms with Crippen molar-refractivity contribution in [3.8, 4) is 0 Å². The van der Waals surface area contributed by atoms with E-state index in [0.29, 0.717) is 16.9 Å². The molecule has 1 aromatic carbocycles. The molecule has 1 amide bonds. The van der Waals surface area contributed by atoms with Gasteiger partial charge in [0, 0.05) is 5.69 Å². The lowest BCUT2D eigenvalue weighted by Gasteiger charge is -2.20. The number of hydrazine groups is 1. The van der Waals surface area contributed by atoms with Crippen molar-refractivity contribution in [2.24, 2.45) is 0 Å². The molecule has 4 N–H and O–H groups in total. The second-order valence-electron chi connectivity index (χ2n) is 5.32. The topological polar surface area (TPSA) is 103 Å². The summed E-state index contributed by atoms with van der Waals surface area (Å²) in [4.78, 5) is 23.2. The van der Waals surface area contributed by atoms with Gasteiger partial charge < -0.3 is 15.2 Å². The molecule has 21 heavy (non-hydrogen) atoms. The van der Waals surface area contributed by atoms with Crippen LogP contribution in [0.2, 0.25) is 0 Å². The number of anilines is 2. The van der Waals surface area contributed by atoms with Crippen LogP contribution in [0.25, 0.3) is 0 Å². The summed E-state index contributed by atoms with van der Waals surface area (Å²) in [5.41, 5.74) is 11.2. The SMILES string of the molecule is CCOC(=O)c1cc(N)cc(NNC(=O)OC(C)(C)C)c1. The highest BCUT2D eigenvalue weighted by Gasteiger charge is 2.16. The molecule has 0 aliphatic heterocycles. The maximum atomic E-state index is 11.7. The van der Waals surface area contributed by atoms with Crippen molar-refractivity contribution in [1.82, 2.24) is 5.43 Å². The van der Waals surface area contributed by atoms with Crippen molar-refractivity contribution in [2.75, 3.05) is 17.8 Å². The molecule has 0 fully saturated rings. The first-order chi connectivity index (χ1) is 9.71. The first-order valence-corrected chi connectivity index (χ1v) is 6.54. The zero-order valence-electron chi connectivity index (χ0n) is 12.6. The van der Waals surface area contributed by atoms with Crippen molar-refractivity contribution < 1.29 is 19.1 Å². The average Bonchev–Trinajstić information content (AvgIpc) is 2.34. The molecule has 0 atom stereocenters. The van der Waals surface area contributed by atoms with Gasteiger partial charge in [0.1, 0.15) is 5.60 Å². The second kappa shape index (κ2) is 6.83. The fraction of sp³-hybridized carbons (Fsp3) is 0.429. The van der Waals surface area contributed by atoms with Gasteiger partial charge in [0.15, 0.2) is 0 Å². The molecule has 0 heterocycles. The Morgan fingerprint density at radius 1 is 1.24 bits per heavy atom. The van der Waals surface area contributed by atoms with E-state index in [4.69, 9.17) is 15.2 Å². The highest BCUT2D eigenvalue weighted by atomic mass is 16.6. The smallest absolute Gasteiger partial charge is 0.426 e. The van der Waals surface area contributed by atoms with Crippen molar-refractivity contribution >= 4 is 23.4 Å². The van der Waals surface area contributed by atoms with E-state index in [9.17, 15) is 9.59 Å². The van der Waals surface area contributed by atoms with Gasteiger partial charge in [0.2, 0.25) is 0 Å². The Morgan fingerprint density at radius 2 is 1.90 bits per heavy atom. The molecule has 0 saturated heterocycles. The van der Waals surface area contributed by atoms with Gasteiger partial charge in [-0.3, -0.25) is 5.43 Å². The van der Waals surface area contributed by atoms with Crippen LogP contribution in [0, 0.1) is 0 Å². The number of benzene rings is 1. The number of carbonyl (C=O) groups excluding carboxylic acids is 2. The van der Waals surface area contributed by atoms with E-state index in [1.54, 1.807) is 33.8 Å². The summed E-state index contributed by atoms with van der Waals surface area (Å²) in [6.07, 6.45) is -0.636. The Kier molecular flexibility index (Phi) is 5.40. The standard InChI is InChI=1S/C14H21N3O4/c1-5-20-12(18)9-6-10(15)8-11(7-9)16-17-13(19)21-14(2,3)4/h6-8,16H,5,15H2,1-4H3,(H,17,19). The molecule has 0 bridgehead atoms. The lowest BCUT2D eigenvalue weighted by atomic mass is 10.2. The molecule has 7 heteroatoms. The van der Waals surface area contributed by atoms with E-state index in [0.717, 1.165) is 0 Å². The first kappa shape index (κ1) is 16.6. The second-order valence-corrected chi connectivity index (χ2v) is 5.32. The Bertz CT molecular complexity index is 523. The molecule has 1 aromatic rings. The van der Waals surface area contributed by atoms with Crippen LogP contribution in [0.1, 0.15) is 38.1 Å². The molecular weight excluding hydrogens is 274 g/mol. The number of hydrogen-bond donors (Lipinski definition) is 3. The normalized spacial score (nSPS) is 10.7. The molecule has 7 nitrogen and oxygen atoms in total. The molecule has 116 valence electrons. The van der Waals surface area contributed by atoms with Crippen molar-refractivity contribution in [1.29, 1.82) is 0 Å². The largest absolute Gasteiger partial charge is 0.462 e. The quantitative estimate of drug-likeness (QED) is 0.447. The Hall–Kier alpha value is -2.44. The predicted molar refractivity (Wildman–Crippen MR) is 79.8 cm³/mol. The Balaban J connectivity index is 2.71. The number of carbonyl (C=O) groups is 2. The Morgan fingerprint density at radius 3 is 2.48 bits per heavy atom. The monoisotopic (exact) mass is 295 g/mol. The lowest BCUT2D eigenvalue weighted by Crippen LogP contribution is -2.35. The van der Waals surface area contributed by atoms with E-state index < -0.39 is 17.7 Å². The van der Waals surface area contributed by atoms with Gasteiger partial charge in [-0.1, -0.05) is 0 Å². The zero-order valence-corrected chi connectivity index (χ0v) is 12.6. The summed E-state index contributed by atoms with van der Waals surface area (Å²) >= 11 is 0. The fourth-order valence-corrected chi connectivity index (χ4v) is 1.48. The number of nitrogens with two attached hydrogens (primary N) is 1. The molecule has 0 aliphatic rings. The van der Waals surface area contributed by atoms with Crippen LogP contribution >= 0.6 is 0 Å². The van der Waals surface area contributed by atoms with Crippen LogP contribution in [0.5, 0.6) is 0 Å². The minimum absolute atomic E-state index is 0.270. The van der Waals surface area contributed by atoms with Gasteiger partial charge in [-0.25, -0.2) is 15.0 Å². The number of nitrogen functional groups attached to an aromatic ring is 1. The number of hydrogen-bond acceptors (Lipinski definition) is 6. The molecular formula is C14H21N3O4. The molecule has 1 rings (SSSR count). The van der Waals surface area contributed by atoms with Gasteiger partial charge in [0.25, 0.3) is 0 Å². The van der Waals surface area contributed by atoms with E-state index in [1.165, 1.54) is 12.1 Å². The van der Waals surface area contributed by atoms with Gasteiger partial charge in [-0.15, -0.1) is 0 Å². The van der Waals surface area contributed by atoms with E-state index in [2.05, 4.69) is 10.9 Å². The third kappa shape index (κ3) is 6.03. The van der Waals surface area contributed by atoms with Crippen molar-refractivity contribution in [3.63, 3.8) is 0 Å². The predicted octanol–water partition coefficient (Wildman–Crippen LogP) is 2.30. The summed E-state index contributed by atoms with van der Waals surface area (Å²) in [5.74, 6) is -0.481. The summed E-state index contributed by atoms with van der Waals surface area (Å²) < 4.78 is 9.97. The fourth-order valence-electron chi connectivity index (χ4n) is 1.48. The average molecular weight is 295 g/mol. The number of esters is 1. The van der Waals surface area contributed by atoms with E-state index >= 15 is 0 Å². The number of rotatable bonds is 4. The number of amides is 1. The summed E-state index contributed by atoms with van der Waals surface area (Å²) in [7, 11) is 0. The van der Waals surface area contributed by atoms with E-state index in [1.807, 2.05) is 0 Å². The van der Waals surface area contributed by atoms with Crippen LogP contribution in [0.15, 0.2) is 18.2 Å². The van der Waals surface area contributed by atoms with Crippen LogP contribution in [0.4, 0.5) is 16.2 Å². The number of ether oxygens (including phenoxy) is 2. The van der Waals surface area contributed by atoms with Crippen LogP contribution < -0.4 is 16.6 Å². The zero-order chi connectivity index (χ0) is 16.0. The van der Waals surface area contributed by atoms with Crippen LogP contribution in [0.3, 0.4) is 0 Å². The molecule has 0 aromatic heterocycles. The third-order valence-corrected chi connectivity index (χ3v) is 2.17. The van der Waals surface area contributed by atoms with Gasteiger partial charge in [0.05, 0.1) is 17.9 Å². The first-order valence-electron chi connectivity index (χ1n) is 6.54. The molecule has 0 aliphatic carbocycles. The van der Waals surface area contributed by atoms with E-state index in [-0.39, 0.29) is 6.61 Å². The highest BCUT2D eigenvalue weighted by Crippen LogP contribution is 2.17. The third-order valence-electron chi connectivity index (χ3n) is 2.17. The minimum atomic E-state index is -0.636. The van der Waals surface area contributed by atoms with Crippen LogP contribution in [-0.2, 0) is 9.47 Å². The summed E-state index contributed by atoms with van der Waals surface area (Å²) in [5, 5.41) is 0. The Labute approximate surface area is 123 Å². The maximum absolute atomic E-state index is 11.7. The summed E-state index contributed by atoms with van der Waals surface area (Å²) in [6.45, 7) is 7.25. The summed E-state index contributed by atoms with van der Waals surface area (Å²) in [6, 6.07) is 4.59. The van der Waals surface area contributed by atoms with Gasteiger partial charge in [-0.05, 0) is 45.9 Å². The molecule has 0 radical (unpaired) electrons. The van der Waals surface area contributed by atoms with Crippen LogP contribution in [-0.4, -0.2) is 24.3 Å². The molecule has 0 spiro atoms.